The molecule has 0 spiro atoms. The largest absolute Gasteiger partial charge is 0.497 e. The van der Waals surface area contributed by atoms with Crippen LogP contribution in [0, 0.1) is 0 Å². The van der Waals surface area contributed by atoms with Crippen molar-refractivity contribution >= 4 is 0 Å². The summed E-state index contributed by atoms with van der Waals surface area (Å²) < 4.78 is 22.0. The van der Waals surface area contributed by atoms with E-state index in [1.54, 1.807) is 14.2 Å². The Balaban J connectivity index is 1.69. The summed E-state index contributed by atoms with van der Waals surface area (Å²) >= 11 is 0. The molecule has 0 saturated carbocycles. The van der Waals surface area contributed by atoms with Crippen LogP contribution in [0.2, 0.25) is 0 Å². The summed E-state index contributed by atoms with van der Waals surface area (Å²) in [6, 6.07) is 15.9. The molecular formula is C26H34O4. The Kier molecular flexibility index (Phi) is 10.8. The van der Waals surface area contributed by atoms with Crippen molar-refractivity contribution < 1.29 is 18.9 Å². The van der Waals surface area contributed by atoms with E-state index in [1.807, 2.05) is 48.5 Å². The molecule has 0 aromatic heterocycles. The third-order valence-electron chi connectivity index (χ3n) is 4.65. The van der Waals surface area contributed by atoms with Crippen molar-refractivity contribution in [3.05, 3.63) is 83.5 Å². The second-order valence-corrected chi connectivity index (χ2v) is 7.34. The fourth-order valence-electron chi connectivity index (χ4n) is 3.02. The number of methoxy groups -OCH3 is 2. The highest BCUT2D eigenvalue weighted by Crippen LogP contribution is 2.16. The highest BCUT2D eigenvalue weighted by atomic mass is 16.5. The molecule has 0 unspecified atom stereocenters. The standard InChI is InChI=1S/C26H34O4/c1-21(2)18-22(15-17-30-20-24-9-13-26(28-4)14-10-24)6-5-16-29-19-23-7-11-25(27-3)12-8-23/h6-14H,1,5,15-20H2,2-4H3/b22-6+. The summed E-state index contributed by atoms with van der Waals surface area (Å²) in [5.74, 6) is 1.72. The molecule has 0 saturated heterocycles. The van der Waals surface area contributed by atoms with E-state index >= 15 is 0 Å². The van der Waals surface area contributed by atoms with Crippen LogP contribution in [0.25, 0.3) is 0 Å². The zero-order valence-corrected chi connectivity index (χ0v) is 18.5. The molecule has 0 atom stereocenters. The molecule has 30 heavy (non-hydrogen) atoms. The molecule has 0 aliphatic rings. The normalized spacial score (nSPS) is 11.4. The van der Waals surface area contributed by atoms with E-state index in [2.05, 4.69) is 19.6 Å². The highest BCUT2D eigenvalue weighted by Gasteiger charge is 2.01. The van der Waals surface area contributed by atoms with E-state index in [0.29, 0.717) is 26.4 Å². The van der Waals surface area contributed by atoms with Crippen molar-refractivity contribution in [1.82, 2.24) is 0 Å². The van der Waals surface area contributed by atoms with Crippen LogP contribution in [0.3, 0.4) is 0 Å². The van der Waals surface area contributed by atoms with E-state index in [0.717, 1.165) is 47.5 Å². The molecule has 0 aliphatic heterocycles. The van der Waals surface area contributed by atoms with Crippen molar-refractivity contribution in [3.8, 4) is 11.5 Å². The minimum absolute atomic E-state index is 0.606. The zero-order chi connectivity index (χ0) is 21.6. The van der Waals surface area contributed by atoms with E-state index in [-0.39, 0.29) is 0 Å². The minimum atomic E-state index is 0.606. The molecule has 0 fully saturated rings. The maximum Gasteiger partial charge on any atom is 0.118 e. The third kappa shape index (κ3) is 9.29. The summed E-state index contributed by atoms with van der Waals surface area (Å²) in [5.41, 5.74) is 4.81. The van der Waals surface area contributed by atoms with Crippen molar-refractivity contribution in [2.45, 2.75) is 39.4 Å². The van der Waals surface area contributed by atoms with E-state index in [1.165, 1.54) is 5.57 Å². The molecule has 162 valence electrons. The predicted molar refractivity (Wildman–Crippen MR) is 122 cm³/mol. The van der Waals surface area contributed by atoms with Crippen LogP contribution in [0.4, 0.5) is 0 Å². The minimum Gasteiger partial charge on any atom is -0.497 e. The van der Waals surface area contributed by atoms with Crippen LogP contribution in [0.5, 0.6) is 11.5 Å². The van der Waals surface area contributed by atoms with Crippen molar-refractivity contribution in [3.63, 3.8) is 0 Å². The SMILES string of the molecule is C=C(C)C/C(=C/CCOCc1ccc(OC)cc1)CCOCc1ccc(OC)cc1. The molecule has 0 aliphatic carbocycles. The molecular weight excluding hydrogens is 376 g/mol. The molecule has 2 aromatic carbocycles. The molecule has 0 radical (unpaired) electrons. The van der Waals surface area contributed by atoms with Crippen molar-refractivity contribution in [2.24, 2.45) is 0 Å². The lowest BCUT2D eigenvalue weighted by atomic mass is 10.0. The van der Waals surface area contributed by atoms with Crippen LogP contribution in [0.15, 0.2) is 72.3 Å². The second-order valence-electron chi connectivity index (χ2n) is 7.34. The summed E-state index contributed by atoms with van der Waals surface area (Å²) in [5, 5.41) is 0. The first-order chi connectivity index (χ1) is 14.6. The van der Waals surface area contributed by atoms with Crippen LogP contribution in [-0.2, 0) is 22.7 Å². The summed E-state index contributed by atoms with van der Waals surface area (Å²) in [6.07, 6.45) is 4.96. The summed E-state index contributed by atoms with van der Waals surface area (Å²) in [4.78, 5) is 0. The number of allylic oxidation sites excluding steroid dienone is 1. The quantitative estimate of drug-likeness (QED) is 0.278. The number of ether oxygens (including phenoxy) is 4. The average Bonchev–Trinajstić information content (AvgIpc) is 2.76. The van der Waals surface area contributed by atoms with E-state index < -0.39 is 0 Å². The molecule has 2 rings (SSSR count). The summed E-state index contributed by atoms with van der Waals surface area (Å²) in [6.45, 7) is 8.71. The lowest BCUT2D eigenvalue weighted by molar-refractivity contribution is 0.121. The third-order valence-corrected chi connectivity index (χ3v) is 4.65. The van der Waals surface area contributed by atoms with Gasteiger partial charge in [0.15, 0.2) is 0 Å². The topological polar surface area (TPSA) is 36.9 Å². The van der Waals surface area contributed by atoms with Crippen LogP contribution < -0.4 is 9.47 Å². The molecule has 4 nitrogen and oxygen atoms in total. The molecule has 0 N–H and O–H groups in total. The van der Waals surface area contributed by atoms with Gasteiger partial charge >= 0.3 is 0 Å². The van der Waals surface area contributed by atoms with Gasteiger partial charge in [0.05, 0.1) is 40.6 Å². The van der Waals surface area contributed by atoms with Crippen molar-refractivity contribution in [1.29, 1.82) is 0 Å². The zero-order valence-electron chi connectivity index (χ0n) is 18.5. The summed E-state index contributed by atoms with van der Waals surface area (Å²) in [7, 11) is 3.34. The Bertz CT molecular complexity index is 776. The maximum absolute atomic E-state index is 5.86. The van der Waals surface area contributed by atoms with Crippen LogP contribution in [0.1, 0.15) is 37.3 Å². The van der Waals surface area contributed by atoms with Gasteiger partial charge in [0, 0.05) is 0 Å². The number of rotatable bonds is 14. The molecule has 0 bridgehead atoms. The first-order valence-corrected chi connectivity index (χ1v) is 10.3. The van der Waals surface area contributed by atoms with E-state index in [9.17, 15) is 0 Å². The first-order valence-electron chi connectivity index (χ1n) is 10.3. The van der Waals surface area contributed by atoms with Crippen molar-refractivity contribution in [2.75, 3.05) is 27.4 Å². The van der Waals surface area contributed by atoms with Crippen LogP contribution in [-0.4, -0.2) is 27.4 Å². The van der Waals surface area contributed by atoms with Gasteiger partial charge in [-0.25, -0.2) is 0 Å². The van der Waals surface area contributed by atoms with Gasteiger partial charge in [0.25, 0.3) is 0 Å². The molecule has 4 heteroatoms. The number of benzene rings is 2. The van der Waals surface area contributed by atoms with Gasteiger partial charge in [-0.3, -0.25) is 0 Å². The van der Waals surface area contributed by atoms with Crippen LogP contribution >= 0.6 is 0 Å². The van der Waals surface area contributed by atoms with Gasteiger partial charge in [0.2, 0.25) is 0 Å². The van der Waals surface area contributed by atoms with Gasteiger partial charge in [-0.05, 0) is 61.6 Å². The van der Waals surface area contributed by atoms with Gasteiger partial charge in [-0.1, -0.05) is 48.1 Å². The monoisotopic (exact) mass is 410 g/mol. The maximum atomic E-state index is 5.86. The van der Waals surface area contributed by atoms with E-state index in [4.69, 9.17) is 18.9 Å². The predicted octanol–water partition coefficient (Wildman–Crippen LogP) is 6.11. The van der Waals surface area contributed by atoms with Gasteiger partial charge in [0.1, 0.15) is 11.5 Å². The molecule has 0 heterocycles. The Morgan fingerprint density at radius 3 is 1.77 bits per heavy atom. The van der Waals surface area contributed by atoms with Gasteiger partial charge in [-0.2, -0.15) is 0 Å². The van der Waals surface area contributed by atoms with Gasteiger partial charge in [-0.15, -0.1) is 0 Å². The smallest absolute Gasteiger partial charge is 0.118 e. The Morgan fingerprint density at radius 1 is 0.800 bits per heavy atom. The lowest BCUT2D eigenvalue weighted by Gasteiger charge is -2.10. The number of hydrogen-bond acceptors (Lipinski definition) is 4. The highest BCUT2D eigenvalue weighted by molar-refractivity contribution is 5.27. The Hall–Kier alpha value is -2.56. The first kappa shape index (κ1) is 23.7. The fourth-order valence-corrected chi connectivity index (χ4v) is 3.02. The fraction of sp³-hybridized carbons (Fsp3) is 0.385. The molecule has 0 amide bonds. The van der Waals surface area contributed by atoms with Gasteiger partial charge < -0.3 is 18.9 Å². The molecule has 2 aromatic rings. The Morgan fingerprint density at radius 2 is 1.30 bits per heavy atom. The second kappa shape index (κ2) is 13.6. The average molecular weight is 411 g/mol. The Labute approximate surface area is 181 Å². The number of hydrogen-bond donors (Lipinski definition) is 0. The lowest BCUT2D eigenvalue weighted by Crippen LogP contribution is -1.99.